The molecule has 0 aliphatic rings. The van der Waals surface area contributed by atoms with Gasteiger partial charge in [-0.05, 0) is 44.4 Å². The number of aliphatic hydroxyl groups is 1. The number of quaternary nitrogens is 1. The number of likely N-dealkylation sites (N-methyl/N-ethyl adjacent to an activating group) is 1. The molecule has 0 saturated heterocycles. The number of carbonyl (C=O) groups is 2. The number of amides is 1. The summed E-state index contributed by atoms with van der Waals surface area (Å²) < 4.78 is 6.11. The molecular formula is C43H85ClN2O4. The second kappa shape index (κ2) is 37.6. The number of hydrogen-bond acceptors (Lipinski definition) is 4. The van der Waals surface area contributed by atoms with Crippen LogP contribution in [0.1, 0.15) is 201 Å². The van der Waals surface area contributed by atoms with Crippen molar-refractivity contribution in [2.75, 3.05) is 40.3 Å². The van der Waals surface area contributed by atoms with Gasteiger partial charge in [0.2, 0.25) is 5.91 Å². The van der Waals surface area contributed by atoms with E-state index in [2.05, 4.69) is 52.3 Å². The summed E-state index contributed by atoms with van der Waals surface area (Å²) in [5.41, 5.74) is 0. The normalized spacial score (nSPS) is 12.4. The van der Waals surface area contributed by atoms with Crippen molar-refractivity contribution in [1.29, 1.82) is 0 Å². The van der Waals surface area contributed by atoms with Crippen LogP contribution in [0.4, 0.5) is 0 Å². The Morgan fingerprint density at radius 2 is 1.20 bits per heavy atom. The van der Waals surface area contributed by atoms with Crippen LogP contribution >= 0.6 is 0 Å². The maximum absolute atomic E-state index is 12.4. The second-order valence-electron chi connectivity index (χ2n) is 16.0. The minimum Gasteiger partial charge on any atom is -1.00 e. The molecule has 7 heteroatoms. The molecule has 0 saturated carbocycles. The Bertz CT molecular complexity index is 774. The zero-order valence-electron chi connectivity index (χ0n) is 33.9. The van der Waals surface area contributed by atoms with Crippen LogP contribution in [0.25, 0.3) is 0 Å². The molecule has 6 nitrogen and oxygen atoms in total. The van der Waals surface area contributed by atoms with Crippen molar-refractivity contribution in [3.8, 4) is 0 Å². The molecule has 0 aliphatic heterocycles. The molecule has 1 atom stereocenters. The van der Waals surface area contributed by atoms with Gasteiger partial charge in [0.1, 0.15) is 0 Å². The number of halogens is 1. The Morgan fingerprint density at radius 3 is 1.80 bits per heavy atom. The number of carbonyl (C=O) groups excluding carboxylic acids is 2. The minimum absolute atomic E-state index is 0. The van der Waals surface area contributed by atoms with E-state index < -0.39 is 0 Å². The van der Waals surface area contributed by atoms with Crippen molar-refractivity contribution >= 4 is 11.9 Å². The van der Waals surface area contributed by atoms with Crippen molar-refractivity contribution in [2.45, 2.75) is 207 Å². The van der Waals surface area contributed by atoms with Crippen molar-refractivity contribution in [3.63, 3.8) is 0 Å². The van der Waals surface area contributed by atoms with Gasteiger partial charge in [0.05, 0.1) is 33.4 Å². The van der Waals surface area contributed by atoms with E-state index in [-0.39, 0.29) is 30.4 Å². The SMILES string of the molecule is CCCCCC[C@@H](O)C/C=C\CCCCCCCC(=O)NCCC[N+](C)(C)CC(=O)OCCCCCCCCCCCCCCCC(C)C.[Cl-]. The highest BCUT2D eigenvalue weighted by atomic mass is 35.5. The van der Waals surface area contributed by atoms with Crippen LogP contribution < -0.4 is 17.7 Å². The van der Waals surface area contributed by atoms with Gasteiger partial charge >= 0.3 is 5.97 Å². The summed E-state index contributed by atoms with van der Waals surface area (Å²) in [6, 6.07) is 0. The molecule has 50 heavy (non-hydrogen) atoms. The Labute approximate surface area is 317 Å². The first-order valence-electron chi connectivity index (χ1n) is 21.2. The highest BCUT2D eigenvalue weighted by Gasteiger charge is 2.20. The molecular weight excluding hydrogens is 644 g/mol. The van der Waals surface area contributed by atoms with Crippen LogP contribution in [0.3, 0.4) is 0 Å². The molecule has 0 radical (unpaired) electrons. The van der Waals surface area contributed by atoms with Gasteiger partial charge < -0.3 is 32.1 Å². The third kappa shape index (κ3) is 39.7. The van der Waals surface area contributed by atoms with Crippen LogP contribution in [-0.2, 0) is 14.3 Å². The molecule has 0 unspecified atom stereocenters. The second-order valence-corrected chi connectivity index (χ2v) is 16.0. The van der Waals surface area contributed by atoms with Crippen molar-refractivity contribution in [3.05, 3.63) is 12.2 Å². The van der Waals surface area contributed by atoms with Crippen LogP contribution in [0, 0.1) is 5.92 Å². The van der Waals surface area contributed by atoms with E-state index >= 15 is 0 Å². The molecule has 2 N–H and O–H groups in total. The quantitative estimate of drug-likeness (QED) is 0.0293. The summed E-state index contributed by atoms with van der Waals surface area (Å²) in [6.45, 7) is 9.26. The summed E-state index contributed by atoms with van der Waals surface area (Å²) in [5.74, 6) is 0.880. The van der Waals surface area contributed by atoms with E-state index in [9.17, 15) is 14.7 Å². The molecule has 0 heterocycles. The van der Waals surface area contributed by atoms with E-state index in [4.69, 9.17) is 4.74 Å². The Balaban J connectivity index is 0. The highest BCUT2D eigenvalue weighted by Crippen LogP contribution is 2.15. The van der Waals surface area contributed by atoms with Gasteiger partial charge in [-0.15, -0.1) is 0 Å². The number of esters is 1. The maximum atomic E-state index is 12.4. The van der Waals surface area contributed by atoms with Gasteiger partial charge in [-0.25, -0.2) is 4.79 Å². The summed E-state index contributed by atoms with van der Waals surface area (Å²) in [5, 5.41) is 13.1. The molecule has 0 bridgehead atoms. The lowest BCUT2D eigenvalue weighted by molar-refractivity contribution is -0.883. The Morgan fingerprint density at radius 1 is 0.680 bits per heavy atom. The zero-order valence-corrected chi connectivity index (χ0v) is 34.7. The smallest absolute Gasteiger partial charge is 0.361 e. The van der Waals surface area contributed by atoms with Crippen molar-refractivity contribution < 1.29 is 36.3 Å². The number of nitrogens with one attached hydrogen (secondary N) is 1. The first kappa shape index (κ1) is 51.0. The fourth-order valence-electron chi connectivity index (χ4n) is 6.46. The first-order valence-corrected chi connectivity index (χ1v) is 21.2. The van der Waals surface area contributed by atoms with Crippen LogP contribution in [-0.4, -0.2) is 67.9 Å². The van der Waals surface area contributed by atoms with Crippen molar-refractivity contribution in [1.82, 2.24) is 5.32 Å². The molecule has 0 spiro atoms. The fraction of sp³-hybridized carbons (Fsp3) is 0.907. The average Bonchev–Trinajstić information content (AvgIpc) is 3.05. The van der Waals surface area contributed by atoms with E-state index in [0.717, 1.165) is 70.3 Å². The van der Waals surface area contributed by atoms with Gasteiger partial charge in [0.25, 0.3) is 0 Å². The first-order chi connectivity index (χ1) is 23.7. The van der Waals surface area contributed by atoms with Gasteiger partial charge in [-0.2, -0.15) is 0 Å². The predicted octanol–water partition coefficient (Wildman–Crippen LogP) is 8.24. The molecule has 0 aromatic heterocycles. The highest BCUT2D eigenvalue weighted by molar-refractivity contribution is 5.75. The van der Waals surface area contributed by atoms with Gasteiger partial charge in [0.15, 0.2) is 6.54 Å². The molecule has 298 valence electrons. The number of unbranched alkanes of at least 4 members (excludes halogenated alkanes) is 20. The number of rotatable bonds is 37. The van der Waals surface area contributed by atoms with Crippen LogP contribution in [0.2, 0.25) is 0 Å². The van der Waals surface area contributed by atoms with Gasteiger partial charge in [-0.3, -0.25) is 4.79 Å². The molecule has 0 fully saturated rings. The number of ether oxygens (including phenoxy) is 1. The number of allylic oxidation sites excluding steroid dienone is 1. The van der Waals surface area contributed by atoms with E-state index in [1.54, 1.807) is 0 Å². The average molecular weight is 730 g/mol. The lowest BCUT2D eigenvalue weighted by Crippen LogP contribution is -3.00. The van der Waals surface area contributed by atoms with E-state index in [0.29, 0.717) is 30.6 Å². The Kier molecular flexibility index (Phi) is 38.4. The van der Waals surface area contributed by atoms with Crippen LogP contribution in [0.5, 0.6) is 0 Å². The minimum atomic E-state index is -0.184. The summed E-state index contributed by atoms with van der Waals surface area (Å²) >= 11 is 0. The standard InChI is InChI=1S/C43H84N2O4.ClH/c1-6-7-8-27-33-41(46)34-28-23-19-15-16-20-24-29-35-42(47)44-36-31-37-45(4,5)39-43(48)49-38-30-25-21-17-13-11-9-10-12-14-18-22-26-32-40(2)3;/h23,28,40-41,46H,6-22,24-27,29-39H2,1-5H3;1H/b28-23-;/t41-;/m1./s1. The Hall–Kier alpha value is -1.11. The summed E-state index contributed by atoms with van der Waals surface area (Å²) in [7, 11) is 4.12. The molecule has 1 amide bonds. The third-order valence-electron chi connectivity index (χ3n) is 9.75. The monoisotopic (exact) mass is 729 g/mol. The lowest BCUT2D eigenvalue weighted by Gasteiger charge is -2.28. The van der Waals surface area contributed by atoms with E-state index in [1.165, 1.54) is 116 Å². The third-order valence-corrected chi connectivity index (χ3v) is 9.75. The summed E-state index contributed by atoms with van der Waals surface area (Å²) in [4.78, 5) is 24.6. The largest absolute Gasteiger partial charge is 1.00 e. The zero-order chi connectivity index (χ0) is 36.3. The van der Waals surface area contributed by atoms with Gasteiger partial charge in [-0.1, -0.05) is 161 Å². The molecule has 0 aromatic rings. The topological polar surface area (TPSA) is 75.6 Å². The lowest BCUT2D eigenvalue weighted by atomic mass is 10.0. The van der Waals surface area contributed by atoms with Crippen molar-refractivity contribution in [2.24, 2.45) is 5.92 Å². The van der Waals surface area contributed by atoms with E-state index in [1.807, 2.05) is 0 Å². The fourth-order valence-corrected chi connectivity index (χ4v) is 6.46. The van der Waals surface area contributed by atoms with Crippen LogP contribution in [0.15, 0.2) is 12.2 Å². The predicted molar refractivity (Wildman–Crippen MR) is 211 cm³/mol. The maximum Gasteiger partial charge on any atom is 0.361 e. The molecule has 0 rings (SSSR count). The molecule has 0 aromatic carbocycles. The molecule has 0 aliphatic carbocycles. The number of nitrogens with zero attached hydrogens (tertiary/aromatic N) is 1. The number of aliphatic hydroxyl groups excluding tert-OH is 1. The van der Waals surface area contributed by atoms with Gasteiger partial charge in [0, 0.05) is 19.4 Å². The summed E-state index contributed by atoms with van der Waals surface area (Å²) in [6.07, 6.45) is 37.5. The number of hydrogen-bond donors (Lipinski definition) is 2.